The minimum Gasteiger partial charge on any atom is -0.334 e. The number of hydrogen-bond acceptors (Lipinski definition) is 5. The average Bonchev–Trinajstić information content (AvgIpc) is 3.15. The quantitative estimate of drug-likeness (QED) is 0.723. The molecule has 0 saturated carbocycles. The second-order valence-electron chi connectivity index (χ2n) is 5.85. The molecule has 3 rings (SSSR count). The van der Waals surface area contributed by atoms with Crippen LogP contribution >= 0.6 is 15.9 Å². The van der Waals surface area contributed by atoms with Gasteiger partial charge in [-0.2, -0.15) is 10.1 Å². The van der Waals surface area contributed by atoms with Crippen LogP contribution in [0.3, 0.4) is 0 Å². The molecule has 0 radical (unpaired) electrons. The maximum absolute atomic E-state index is 5.37. The molecule has 126 valence electrons. The molecule has 1 N–H and O–H groups in total. The molecule has 7 heteroatoms. The Bertz CT molecular complexity index is 837. The third-order valence-electron chi connectivity index (χ3n) is 4.01. The average molecular weight is 390 g/mol. The fourth-order valence-corrected chi connectivity index (χ4v) is 2.70. The third-order valence-corrected chi connectivity index (χ3v) is 5.16. The van der Waals surface area contributed by atoms with E-state index < -0.39 is 0 Å². The van der Waals surface area contributed by atoms with Crippen molar-refractivity contribution in [1.82, 2.24) is 25.2 Å². The van der Waals surface area contributed by atoms with Gasteiger partial charge in [-0.25, -0.2) is 4.68 Å². The van der Waals surface area contributed by atoms with Crippen LogP contribution in [0, 0.1) is 13.8 Å². The van der Waals surface area contributed by atoms with Gasteiger partial charge < -0.3 is 9.84 Å². The van der Waals surface area contributed by atoms with E-state index in [2.05, 4.69) is 43.4 Å². The van der Waals surface area contributed by atoms with Gasteiger partial charge in [0.15, 0.2) is 5.82 Å². The summed E-state index contributed by atoms with van der Waals surface area (Å²) in [6.45, 7) is 6.09. The molecule has 2 heterocycles. The first-order valence-electron chi connectivity index (χ1n) is 7.82. The van der Waals surface area contributed by atoms with Crippen LogP contribution in [-0.4, -0.2) is 33.0 Å². The highest BCUT2D eigenvalue weighted by molar-refractivity contribution is 9.10. The van der Waals surface area contributed by atoms with Crippen LogP contribution < -0.4 is 5.32 Å². The standard InChI is InChI=1S/C17H20BrN5O/c1-10(19-4)9-15-20-17(24-22-15)13-5-7-14(8-6-13)23-12(3)16(18)11(2)21-23/h5-8,10,19H,9H2,1-4H3. The summed E-state index contributed by atoms with van der Waals surface area (Å²) in [5.41, 5.74) is 3.93. The van der Waals surface area contributed by atoms with E-state index in [0.717, 1.165) is 33.5 Å². The molecule has 24 heavy (non-hydrogen) atoms. The molecule has 1 aromatic carbocycles. The van der Waals surface area contributed by atoms with E-state index in [1.807, 2.05) is 49.8 Å². The van der Waals surface area contributed by atoms with E-state index in [0.29, 0.717) is 17.8 Å². The molecule has 2 aromatic heterocycles. The van der Waals surface area contributed by atoms with Gasteiger partial charge in [0.1, 0.15) is 0 Å². The summed E-state index contributed by atoms with van der Waals surface area (Å²) in [4.78, 5) is 4.46. The molecule has 0 aliphatic heterocycles. The highest BCUT2D eigenvalue weighted by Crippen LogP contribution is 2.24. The van der Waals surface area contributed by atoms with E-state index in [4.69, 9.17) is 4.52 Å². The van der Waals surface area contributed by atoms with Crippen LogP contribution in [0.1, 0.15) is 24.1 Å². The molecular formula is C17H20BrN5O. The van der Waals surface area contributed by atoms with Crippen molar-refractivity contribution in [3.05, 3.63) is 46.0 Å². The fraction of sp³-hybridized carbons (Fsp3) is 0.353. The fourth-order valence-electron chi connectivity index (χ4n) is 2.45. The molecule has 1 atom stereocenters. The zero-order valence-corrected chi connectivity index (χ0v) is 15.8. The van der Waals surface area contributed by atoms with Crippen molar-refractivity contribution in [2.75, 3.05) is 7.05 Å². The summed E-state index contributed by atoms with van der Waals surface area (Å²) in [7, 11) is 1.92. The largest absolute Gasteiger partial charge is 0.334 e. The van der Waals surface area contributed by atoms with Gasteiger partial charge in [-0.1, -0.05) is 5.16 Å². The molecule has 0 fully saturated rings. The van der Waals surface area contributed by atoms with Crippen molar-refractivity contribution < 1.29 is 4.52 Å². The Balaban J connectivity index is 1.83. The van der Waals surface area contributed by atoms with E-state index in [1.165, 1.54) is 0 Å². The lowest BCUT2D eigenvalue weighted by Gasteiger charge is -2.05. The Kier molecular flexibility index (Phi) is 4.82. The van der Waals surface area contributed by atoms with Crippen molar-refractivity contribution in [1.29, 1.82) is 0 Å². The number of hydrogen-bond donors (Lipinski definition) is 1. The molecule has 0 amide bonds. The Morgan fingerprint density at radius 3 is 2.54 bits per heavy atom. The lowest BCUT2D eigenvalue weighted by atomic mass is 10.2. The van der Waals surface area contributed by atoms with Gasteiger partial charge >= 0.3 is 0 Å². The van der Waals surface area contributed by atoms with Gasteiger partial charge in [-0.05, 0) is 68.0 Å². The van der Waals surface area contributed by atoms with Crippen LogP contribution in [0.25, 0.3) is 17.1 Å². The summed E-state index contributed by atoms with van der Waals surface area (Å²) < 4.78 is 8.32. The molecule has 0 saturated heterocycles. The predicted molar refractivity (Wildman–Crippen MR) is 96.3 cm³/mol. The number of rotatable bonds is 5. The summed E-state index contributed by atoms with van der Waals surface area (Å²) >= 11 is 3.55. The summed E-state index contributed by atoms with van der Waals surface area (Å²) in [5, 5.41) is 11.7. The zero-order chi connectivity index (χ0) is 17.3. The van der Waals surface area contributed by atoms with Crippen LogP contribution in [0.5, 0.6) is 0 Å². The smallest absolute Gasteiger partial charge is 0.257 e. The Morgan fingerprint density at radius 2 is 1.96 bits per heavy atom. The first-order chi connectivity index (χ1) is 11.5. The monoisotopic (exact) mass is 389 g/mol. The second kappa shape index (κ2) is 6.86. The molecule has 6 nitrogen and oxygen atoms in total. The number of halogens is 1. The zero-order valence-electron chi connectivity index (χ0n) is 14.2. The third kappa shape index (κ3) is 3.27. The summed E-state index contributed by atoms with van der Waals surface area (Å²) in [6, 6.07) is 8.25. The van der Waals surface area contributed by atoms with Crippen LogP contribution in [0.15, 0.2) is 33.3 Å². The SMILES string of the molecule is CNC(C)Cc1noc(-c2ccc(-n3nc(C)c(Br)c3C)cc2)n1. The molecule has 0 spiro atoms. The molecular weight excluding hydrogens is 370 g/mol. The number of likely N-dealkylation sites (N-methyl/N-ethyl adjacent to an activating group) is 1. The van der Waals surface area contributed by atoms with Crippen molar-refractivity contribution in [3.8, 4) is 17.1 Å². The van der Waals surface area contributed by atoms with E-state index in [-0.39, 0.29) is 0 Å². The Morgan fingerprint density at radius 1 is 1.25 bits per heavy atom. The number of nitrogens with zero attached hydrogens (tertiary/aromatic N) is 4. The van der Waals surface area contributed by atoms with Crippen LogP contribution in [0.4, 0.5) is 0 Å². The Labute approximate surface area is 149 Å². The molecule has 0 bridgehead atoms. The first-order valence-corrected chi connectivity index (χ1v) is 8.61. The molecule has 0 aliphatic carbocycles. The van der Waals surface area contributed by atoms with Gasteiger partial charge in [0.25, 0.3) is 5.89 Å². The lowest BCUT2D eigenvalue weighted by molar-refractivity contribution is 0.418. The van der Waals surface area contributed by atoms with Crippen molar-refractivity contribution in [2.45, 2.75) is 33.2 Å². The molecule has 0 aliphatic rings. The van der Waals surface area contributed by atoms with Crippen LogP contribution in [-0.2, 0) is 6.42 Å². The topological polar surface area (TPSA) is 68.8 Å². The van der Waals surface area contributed by atoms with Crippen molar-refractivity contribution >= 4 is 15.9 Å². The molecule has 1 unspecified atom stereocenters. The summed E-state index contributed by atoms with van der Waals surface area (Å²) in [6.07, 6.45) is 0.734. The lowest BCUT2D eigenvalue weighted by Crippen LogP contribution is -2.24. The number of aromatic nitrogens is 4. The normalized spacial score (nSPS) is 12.5. The van der Waals surface area contributed by atoms with E-state index in [1.54, 1.807) is 0 Å². The van der Waals surface area contributed by atoms with Crippen molar-refractivity contribution in [2.24, 2.45) is 0 Å². The first kappa shape index (κ1) is 16.9. The maximum Gasteiger partial charge on any atom is 0.257 e. The molecule has 3 aromatic rings. The van der Waals surface area contributed by atoms with Gasteiger partial charge in [0.05, 0.1) is 21.5 Å². The van der Waals surface area contributed by atoms with Gasteiger partial charge in [0.2, 0.25) is 0 Å². The summed E-state index contributed by atoms with van der Waals surface area (Å²) in [5.74, 6) is 1.24. The van der Waals surface area contributed by atoms with Gasteiger partial charge in [-0.3, -0.25) is 0 Å². The predicted octanol–water partition coefficient (Wildman–Crippen LogP) is 3.45. The van der Waals surface area contributed by atoms with Crippen LogP contribution in [0.2, 0.25) is 0 Å². The Hall–Kier alpha value is -1.99. The minimum absolute atomic E-state index is 0.308. The maximum atomic E-state index is 5.37. The highest BCUT2D eigenvalue weighted by atomic mass is 79.9. The number of nitrogens with one attached hydrogen (secondary N) is 1. The second-order valence-corrected chi connectivity index (χ2v) is 6.65. The van der Waals surface area contributed by atoms with E-state index >= 15 is 0 Å². The van der Waals surface area contributed by atoms with Gasteiger partial charge in [0, 0.05) is 18.0 Å². The van der Waals surface area contributed by atoms with Crippen molar-refractivity contribution in [3.63, 3.8) is 0 Å². The minimum atomic E-state index is 0.308. The highest BCUT2D eigenvalue weighted by Gasteiger charge is 2.13. The van der Waals surface area contributed by atoms with E-state index in [9.17, 15) is 0 Å². The number of benzene rings is 1. The number of aryl methyl sites for hydroxylation is 1. The van der Waals surface area contributed by atoms with Gasteiger partial charge in [-0.15, -0.1) is 0 Å².